The van der Waals surface area contributed by atoms with Crippen molar-refractivity contribution in [2.45, 2.75) is 6.54 Å². The maximum Gasteiger partial charge on any atom is 0.137 e. The summed E-state index contributed by atoms with van der Waals surface area (Å²) in [6.45, 7) is 0.658. The van der Waals surface area contributed by atoms with Gasteiger partial charge in [0.2, 0.25) is 0 Å². The molecule has 0 amide bonds. The van der Waals surface area contributed by atoms with Gasteiger partial charge in [-0.05, 0) is 35.9 Å². The number of nitrogens with one attached hydrogen (secondary N) is 1. The van der Waals surface area contributed by atoms with Crippen molar-refractivity contribution in [3.8, 4) is 0 Å². The topological polar surface area (TPSA) is 55.6 Å². The first-order valence-corrected chi connectivity index (χ1v) is 7.62. The number of hydrogen-bond acceptors (Lipinski definition) is 4. The second-order valence-electron chi connectivity index (χ2n) is 5.42. The van der Waals surface area contributed by atoms with Crippen LogP contribution in [0.2, 0.25) is 5.02 Å². The van der Waals surface area contributed by atoms with Crippen molar-refractivity contribution in [2.24, 2.45) is 7.05 Å². The summed E-state index contributed by atoms with van der Waals surface area (Å²) in [6.07, 6.45) is 3.38. The van der Waals surface area contributed by atoms with Crippen molar-refractivity contribution in [3.63, 3.8) is 0 Å². The summed E-state index contributed by atoms with van der Waals surface area (Å²) < 4.78 is 2.01. The van der Waals surface area contributed by atoms with Gasteiger partial charge in [-0.25, -0.2) is 15.0 Å². The average molecular weight is 324 g/mol. The molecule has 1 N–H and O–H groups in total. The summed E-state index contributed by atoms with van der Waals surface area (Å²) in [4.78, 5) is 13.0. The largest absolute Gasteiger partial charge is 0.365 e. The highest BCUT2D eigenvalue weighted by molar-refractivity contribution is 6.31. The summed E-state index contributed by atoms with van der Waals surface area (Å²) >= 11 is 6.08. The number of aryl methyl sites for hydroxylation is 1. The van der Waals surface area contributed by atoms with Gasteiger partial charge in [0, 0.05) is 24.0 Å². The third kappa shape index (κ3) is 2.59. The molecular weight excluding hydrogens is 310 g/mol. The molecule has 0 saturated carbocycles. The average Bonchev–Trinajstić information content (AvgIpc) is 2.93. The molecule has 0 fully saturated rings. The fourth-order valence-corrected chi connectivity index (χ4v) is 2.82. The number of halogens is 1. The molecule has 0 bridgehead atoms. The Bertz CT molecular complexity index is 1010. The minimum absolute atomic E-state index is 0.658. The number of benzene rings is 2. The number of anilines is 1. The predicted octanol–water partition coefficient (Wildman–Crippen LogP) is 3.78. The van der Waals surface area contributed by atoms with Crippen molar-refractivity contribution >= 4 is 39.4 Å². The molecule has 114 valence electrons. The van der Waals surface area contributed by atoms with Crippen LogP contribution in [0.1, 0.15) is 5.56 Å². The van der Waals surface area contributed by atoms with Gasteiger partial charge in [0.25, 0.3) is 0 Å². The zero-order valence-corrected chi connectivity index (χ0v) is 13.2. The lowest BCUT2D eigenvalue weighted by molar-refractivity contribution is 0.947. The highest BCUT2D eigenvalue weighted by atomic mass is 35.5. The Hall–Kier alpha value is -2.66. The predicted molar refractivity (Wildman–Crippen MR) is 92.6 cm³/mol. The molecular formula is C17H14ClN5. The molecule has 4 aromatic rings. The number of fused-ring (bicyclic) bond motifs is 2. The SMILES string of the molecule is Cn1cnc2cc(CNc3ncnc4ccc(Cl)cc34)ccc21. The highest BCUT2D eigenvalue weighted by Gasteiger charge is 2.05. The Morgan fingerprint density at radius 1 is 1.04 bits per heavy atom. The van der Waals surface area contributed by atoms with Crippen LogP contribution in [0, 0.1) is 0 Å². The summed E-state index contributed by atoms with van der Waals surface area (Å²) in [6, 6.07) is 11.8. The lowest BCUT2D eigenvalue weighted by atomic mass is 10.2. The summed E-state index contributed by atoms with van der Waals surface area (Å²) in [5.41, 5.74) is 4.12. The van der Waals surface area contributed by atoms with Crippen molar-refractivity contribution in [2.75, 3.05) is 5.32 Å². The van der Waals surface area contributed by atoms with E-state index in [9.17, 15) is 0 Å². The molecule has 0 unspecified atom stereocenters. The standard InChI is InChI=1S/C17H14ClN5/c1-23-10-22-15-6-11(2-5-16(15)23)8-19-17-13-7-12(18)3-4-14(13)20-9-21-17/h2-7,9-10H,8H2,1H3,(H,19,20,21). The van der Waals surface area contributed by atoms with Crippen LogP contribution in [-0.2, 0) is 13.6 Å². The summed E-state index contributed by atoms with van der Waals surface area (Å²) in [7, 11) is 1.99. The van der Waals surface area contributed by atoms with Crippen LogP contribution in [0.25, 0.3) is 21.9 Å². The first kappa shape index (κ1) is 14.0. The van der Waals surface area contributed by atoms with E-state index in [2.05, 4.69) is 38.5 Å². The third-order valence-corrected chi connectivity index (χ3v) is 4.08. The van der Waals surface area contributed by atoms with Crippen LogP contribution >= 0.6 is 11.6 Å². The Morgan fingerprint density at radius 2 is 1.96 bits per heavy atom. The van der Waals surface area contributed by atoms with Crippen LogP contribution in [0.3, 0.4) is 0 Å². The monoisotopic (exact) mass is 323 g/mol. The zero-order chi connectivity index (χ0) is 15.8. The smallest absolute Gasteiger partial charge is 0.137 e. The second-order valence-corrected chi connectivity index (χ2v) is 5.85. The van der Waals surface area contributed by atoms with Crippen molar-refractivity contribution in [3.05, 3.63) is 59.6 Å². The molecule has 0 aliphatic heterocycles. The number of nitrogens with zero attached hydrogens (tertiary/aromatic N) is 4. The van der Waals surface area contributed by atoms with E-state index < -0.39 is 0 Å². The first-order valence-electron chi connectivity index (χ1n) is 7.25. The van der Waals surface area contributed by atoms with Crippen LogP contribution < -0.4 is 5.32 Å². The molecule has 0 spiro atoms. The Kier molecular flexibility index (Phi) is 3.35. The summed E-state index contributed by atoms with van der Waals surface area (Å²) in [5.74, 6) is 0.776. The van der Waals surface area contributed by atoms with Crippen molar-refractivity contribution < 1.29 is 0 Å². The van der Waals surface area contributed by atoms with Crippen molar-refractivity contribution in [1.29, 1.82) is 0 Å². The van der Waals surface area contributed by atoms with Gasteiger partial charge < -0.3 is 9.88 Å². The van der Waals surface area contributed by atoms with Gasteiger partial charge in [0.05, 0.1) is 22.9 Å². The number of aromatic nitrogens is 4. The molecule has 2 heterocycles. The molecule has 2 aromatic carbocycles. The van der Waals surface area contributed by atoms with E-state index in [1.165, 1.54) is 0 Å². The van der Waals surface area contributed by atoms with Gasteiger partial charge in [-0.15, -0.1) is 0 Å². The minimum atomic E-state index is 0.658. The number of hydrogen-bond donors (Lipinski definition) is 1. The molecule has 2 aromatic heterocycles. The molecule has 0 saturated heterocycles. The fraction of sp³-hybridized carbons (Fsp3) is 0.118. The molecule has 0 atom stereocenters. The van der Waals surface area contributed by atoms with Gasteiger partial charge in [0.1, 0.15) is 12.1 Å². The molecule has 5 nitrogen and oxygen atoms in total. The molecule has 0 radical (unpaired) electrons. The van der Waals surface area contributed by atoms with Crippen molar-refractivity contribution in [1.82, 2.24) is 19.5 Å². The van der Waals surface area contributed by atoms with Gasteiger partial charge in [-0.2, -0.15) is 0 Å². The quantitative estimate of drug-likeness (QED) is 0.623. The Balaban J connectivity index is 1.64. The van der Waals surface area contributed by atoms with E-state index in [1.807, 2.05) is 36.1 Å². The molecule has 0 aliphatic rings. The maximum absolute atomic E-state index is 6.08. The van der Waals surface area contributed by atoms with E-state index in [0.717, 1.165) is 33.3 Å². The second kappa shape index (κ2) is 5.52. The summed E-state index contributed by atoms with van der Waals surface area (Å²) in [5, 5.41) is 4.95. The van der Waals surface area contributed by atoms with Crippen LogP contribution in [0.15, 0.2) is 49.1 Å². The van der Waals surface area contributed by atoms with E-state index in [-0.39, 0.29) is 0 Å². The Labute approximate surface area is 138 Å². The third-order valence-electron chi connectivity index (χ3n) is 3.85. The van der Waals surface area contributed by atoms with E-state index in [1.54, 1.807) is 6.33 Å². The molecule has 0 aliphatic carbocycles. The van der Waals surface area contributed by atoms with Gasteiger partial charge in [-0.3, -0.25) is 0 Å². The minimum Gasteiger partial charge on any atom is -0.365 e. The first-order chi connectivity index (χ1) is 11.2. The normalized spacial score (nSPS) is 11.2. The maximum atomic E-state index is 6.08. The van der Waals surface area contributed by atoms with Gasteiger partial charge >= 0.3 is 0 Å². The Morgan fingerprint density at radius 3 is 2.87 bits per heavy atom. The lowest BCUT2D eigenvalue weighted by Crippen LogP contribution is -2.02. The molecule has 4 rings (SSSR count). The van der Waals surface area contributed by atoms with E-state index >= 15 is 0 Å². The zero-order valence-electron chi connectivity index (χ0n) is 12.5. The molecule has 6 heteroatoms. The van der Waals surface area contributed by atoms with E-state index in [4.69, 9.17) is 11.6 Å². The van der Waals surface area contributed by atoms with Crippen LogP contribution in [0.5, 0.6) is 0 Å². The van der Waals surface area contributed by atoms with Crippen LogP contribution in [0.4, 0.5) is 5.82 Å². The van der Waals surface area contributed by atoms with E-state index in [0.29, 0.717) is 11.6 Å². The lowest BCUT2D eigenvalue weighted by Gasteiger charge is -2.09. The number of imidazole rings is 1. The fourth-order valence-electron chi connectivity index (χ4n) is 2.65. The highest BCUT2D eigenvalue weighted by Crippen LogP contribution is 2.23. The van der Waals surface area contributed by atoms with Gasteiger partial charge in [0.15, 0.2) is 0 Å². The van der Waals surface area contributed by atoms with Gasteiger partial charge in [-0.1, -0.05) is 17.7 Å². The van der Waals surface area contributed by atoms with Crippen LogP contribution in [-0.4, -0.2) is 19.5 Å². The number of rotatable bonds is 3. The molecule has 23 heavy (non-hydrogen) atoms.